The highest BCUT2D eigenvalue weighted by Gasteiger charge is 2.26. The minimum atomic E-state index is -1.22. The molecule has 0 radical (unpaired) electrons. The van der Waals surface area contributed by atoms with Crippen molar-refractivity contribution in [3.8, 4) is 0 Å². The van der Waals surface area contributed by atoms with Gasteiger partial charge in [0, 0.05) is 12.1 Å². The number of aromatic amines is 1. The van der Waals surface area contributed by atoms with Gasteiger partial charge in [-0.1, -0.05) is 0 Å². The van der Waals surface area contributed by atoms with Gasteiger partial charge in [-0.25, -0.2) is 9.37 Å². The standard InChI is InChI=1S/C9H11FN2/c1-6-11-7-3-4-9(2,10)5-8(7)12-6/h3-4H,5H2,1-2H3,(H,11,12). The van der Waals surface area contributed by atoms with E-state index in [1.165, 1.54) is 0 Å². The van der Waals surface area contributed by atoms with Gasteiger partial charge in [0.2, 0.25) is 0 Å². The first-order chi connectivity index (χ1) is 5.57. The summed E-state index contributed by atoms with van der Waals surface area (Å²) in [4.78, 5) is 7.26. The average Bonchev–Trinajstić information content (AvgIpc) is 2.26. The van der Waals surface area contributed by atoms with Crippen molar-refractivity contribution >= 4 is 6.08 Å². The number of aryl methyl sites for hydroxylation is 1. The Kier molecular flexibility index (Phi) is 1.37. The van der Waals surface area contributed by atoms with Gasteiger partial charge >= 0.3 is 0 Å². The largest absolute Gasteiger partial charge is 0.345 e. The Hall–Kier alpha value is -1.12. The molecular weight excluding hydrogens is 155 g/mol. The number of rotatable bonds is 0. The Balaban J connectivity index is 2.45. The first-order valence-electron chi connectivity index (χ1n) is 4.00. The summed E-state index contributed by atoms with van der Waals surface area (Å²) in [5.41, 5.74) is 0.564. The van der Waals surface area contributed by atoms with E-state index in [9.17, 15) is 4.39 Å². The van der Waals surface area contributed by atoms with E-state index in [-0.39, 0.29) is 0 Å². The number of hydrogen-bond acceptors (Lipinski definition) is 1. The Morgan fingerprint density at radius 1 is 1.67 bits per heavy atom. The van der Waals surface area contributed by atoms with Gasteiger partial charge < -0.3 is 4.98 Å². The Labute approximate surface area is 70.5 Å². The van der Waals surface area contributed by atoms with E-state index in [2.05, 4.69) is 9.97 Å². The predicted octanol–water partition coefficient (Wildman–Crippen LogP) is 2.02. The molecule has 3 heteroatoms. The molecule has 0 amide bonds. The van der Waals surface area contributed by atoms with Crippen LogP contribution in [0.1, 0.15) is 24.1 Å². The van der Waals surface area contributed by atoms with Crippen molar-refractivity contribution in [2.24, 2.45) is 0 Å². The maximum atomic E-state index is 13.4. The lowest BCUT2D eigenvalue weighted by atomic mass is 9.95. The second-order valence-corrected chi connectivity index (χ2v) is 3.47. The third-order valence-corrected chi connectivity index (χ3v) is 2.04. The van der Waals surface area contributed by atoms with E-state index in [1.807, 2.05) is 6.92 Å². The van der Waals surface area contributed by atoms with Crippen molar-refractivity contribution < 1.29 is 4.39 Å². The lowest BCUT2D eigenvalue weighted by Crippen LogP contribution is -2.21. The fraction of sp³-hybridized carbons (Fsp3) is 0.444. The molecule has 0 aliphatic heterocycles. The molecular formula is C9H11FN2. The van der Waals surface area contributed by atoms with Crippen LogP contribution in [0.5, 0.6) is 0 Å². The molecule has 0 saturated carbocycles. The van der Waals surface area contributed by atoms with Gasteiger partial charge in [0.1, 0.15) is 11.5 Å². The number of hydrogen-bond donors (Lipinski definition) is 1. The van der Waals surface area contributed by atoms with Crippen LogP contribution in [0.2, 0.25) is 0 Å². The number of allylic oxidation sites excluding steroid dienone is 1. The summed E-state index contributed by atoms with van der Waals surface area (Å²) in [6.07, 6.45) is 3.71. The summed E-state index contributed by atoms with van der Waals surface area (Å²) in [6, 6.07) is 0. The molecule has 64 valence electrons. The van der Waals surface area contributed by atoms with Crippen molar-refractivity contribution in [3.05, 3.63) is 23.3 Å². The molecule has 1 aromatic heterocycles. The molecule has 1 aliphatic carbocycles. The molecule has 0 saturated heterocycles. The highest BCUT2D eigenvalue weighted by atomic mass is 19.1. The zero-order valence-corrected chi connectivity index (χ0v) is 7.19. The third-order valence-electron chi connectivity index (χ3n) is 2.04. The van der Waals surface area contributed by atoms with E-state index in [4.69, 9.17) is 0 Å². The van der Waals surface area contributed by atoms with Gasteiger partial charge in [0.25, 0.3) is 0 Å². The van der Waals surface area contributed by atoms with Crippen molar-refractivity contribution in [2.45, 2.75) is 25.9 Å². The summed E-state index contributed by atoms with van der Waals surface area (Å²) >= 11 is 0. The summed E-state index contributed by atoms with van der Waals surface area (Å²) < 4.78 is 13.4. The molecule has 2 rings (SSSR count). The maximum absolute atomic E-state index is 13.4. The number of fused-ring (bicyclic) bond motifs is 1. The molecule has 1 aromatic rings. The minimum absolute atomic E-state index is 0.402. The first kappa shape index (κ1) is 7.53. The highest BCUT2D eigenvalue weighted by molar-refractivity contribution is 5.53. The molecule has 1 atom stereocenters. The van der Waals surface area contributed by atoms with E-state index in [0.29, 0.717) is 6.42 Å². The number of halogens is 1. The quantitative estimate of drug-likeness (QED) is 0.627. The van der Waals surface area contributed by atoms with Gasteiger partial charge in [-0.2, -0.15) is 0 Å². The van der Waals surface area contributed by atoms with Crippen LogP contribution < -0.4 is 0 Å². The fourth-order valence-electron chi connectivity index (χ4n) is 1.49. The van der Waals surface area contributed by atoms with Crippen LogP contribution in [0.4, 0.5) is 4.39 Å². The molecule has 0 bridgehead atoms. The minimum Gasteiger partial charge on any atom is -0.345 e. The van der Waals surface area contributed by atoms with Gasteiger partial charge in [-0.3, -0.25) is 0 Å². The van der Waals surface area contributed by atoms with Crippen LogP contribution in [0.15, 0.2) is 6.08 Å². The summed E-state index contributed by atoms with van der Waals surface area (Å²) in [5.74, 6) is 0.849. The van der Waals surface area contributed by atoms with Gasteiger partial charge in [0.05, 0.1) is 5.69 Å². The van der Waals surface area contributed by atoms with Crippen LogP contribution in [0.3, 0.4) is 0 Å². The lowest BCUT2D eigenvalue weighted by Gasteiger charge is -2.18. The second-order valence-electron chi connectivity index (χ2n) is 3.47. The molecule has 1 unspecified atom stereocenters. The molecule has 0 aromatic carbocycles. The molecule has 0 fully saturated rings. The van der Waals surface area contributed by atoms with Crippen LogP contribution in [-0.2, 0) is 6.42 Å². The number of imidazole rings is 1. The zero-order valence-electron chi connectivity index (χ0n) is 7.19. The van der Waals surface area contributed by atoms with Gasteiger partial charge in [0.15, 0.2) is 0 Å². The molecule has 2 nitrogen and oxygen atoms in total. The van der Waals surface area contributed by atoms with Gasteiger partial charge in [-0.15, -0.1) is 0 Å². The second kappa shape index (κ2) is 2.19. The topological polar surface area (TPSA) is 28.7 Å². The SMILES string of the molecule is Cc1nc2c([nH]1)CC(C)(F)C=C2. The van der Waals surface area contributed by atoms with Crippen molar-refractivity contribution in [1.29, 1.82) is 0 Å². The summed E-state index contributed by atoms with van der Waals surface area (Å²) in [7, 11) is 0. The number of nitrogens with zero attached hydrogens (tertiary/aromatic N) is 1. The Morgan fingerprint density at radius 2 is 2.42 bits per heavy atom. The van der Waals surface area contributed by atoms with E-state index < -0.39 is 5.67 Å². The predicted molar refractivity (Wildman–Crippen MR) is 45.6 cm³/mol. The van der Waals surface area contributed by atoms with Crippen molar-refractivity contribution in [3.63, 3.8) is 0 Å². The van der Waals surface area contributed by atoms with E-state index in [0.717, 1.165) is 17.2 Å². The number of H-pyrrole nitrogens is 1. The van der Waals surface area contributed by atoms with Crippen LogP contribution in [0.25, 0.3) is 6.08 Å². The molecule has 1 heterocycles. The van der Waals surface area contributed by atoms with Gasteiger partial charge in [-0.05, 0) is 26.0 Å². The van der Waals surface area contributed by atoms with Crippen LogP contribution in [-0.4, -0.2) is 15.6 Å². The normalized spacial score (nSPS) is 27.2. The zero-order chi connectivity index (χ0) is 8.77. The van der Waals surface area contributed by atoms with Crippen LogP contribution in [0, 0.1) is 6.92 Å². The average molecular weight is 166 g/mol. The lowest BCUT2D eigenvalue weighted by molar-refractivity contribution is 0.254. The maximum Gasteiger partial charge on any atom is 0.132 e. The molecule has 1 aliphatic rings. The Bertz CT molecular complexity index is 336. The third kappa shape index (κ3) is 1.15. The Morgan fingerprint density at radius 3 is 3.17 bits per heavy atom. The first-order valence-corrected chi connectivity index (χ1v) is 4.00. The highest BCUT2D eigenvalue weighted by Crippen LogP contribution is 2.26. The fourth-order valence-corrected chi connectivity index (χ4v) is 1.49. The monoisotopic (exact) mass is 166 g/mol. The summed E-state index contributed by atoms with van der Waals surface area (Å²) in [5, 5.41) is 0. The van der Waals surface area contributed by atoms with Crippen LogP contribution >= 0.6 is 0 Å². The van der Waals surface area contributed by atoms with E-state index in [1.54, 1.807) is 19.1 Å². The molecule has 12 heavy (non-hydrogen) atoms. The van der Waals surface area contributed by atoms with Crippen molar-refractivity contribution in [2.75, 3.05) is 0 Å². The molecule has 0 spiro atoms. The van der Waals surface area contributed by atoms with E-state index >= 15 is 0 Å². The summed E-state index contributed by atoms with van der Waals surface area (Å²) in [6.45, 7) is 3.45. The molecule has 1 N–H and O–H groups in total. The number of nitrogens with one attached hydrogen (secondary N) is 1. The smallest absolute Gasteiger partial charge is 0.132 e. The van der Waals surface area contributed by atoms with Crippen molar-refractivity contribution in [1.82, 2.24) is 9.97 Å². The number of aromatic nitrogens is 2. The number of alkyl halides is 1.